The third-order valence-corrected chi connectivity index (χ3v) is 4.11. The molecule has 0 fully saturated rings. The van der Waals surface area contributed by atoms with Crippen LogP contribution in [0.5, 0.6) is 17.2 Å². The number of amides is 1. The molecular formula is C21H20ClFN2O4. The Morgan fingerprint density at radius 3 is 2.69 bits per heavy atom. The Bertz CT molecular complexity index is 975. The second kappa shape index (κ2) is 9.45. The molecular weight excluding hydrogens is 399 g/mol. The topological polar surface area (TPSA) is 72.7 Å². The monoisotopic (exact) mass is 418 g/mol. The fourth-order valence-corrected chi connectivity index (χ4v) is 2.80. The molecule has 0 bridgehead atoms. The summed E-state index contributed by atoms with van der Waals surface area (Å²) in [6, 6.07) is 12.3. The lowest BCUT2D eigenvalue weighted by atomic mass is 10.3. The first-order valence-corrected chi connectivity index (χ1v) is 9.24. The van der Waals surface area contributed by atoms with E-state index in [1.807, 2.05) is 0 Å². The van der Waals surface area contributed by atoms with Crippen LogP contribution in [0, 0.1) is 5.82 Å². The number of hydrogen-bond acceptors (Lipinski definition) is 4. The number of nitrogens with one attached hydrogen (secondary N) is 1. The maximum absolute atomic E-state index is 12.9. The maximum Gasteiger partial charge on any atom is 0.221 e. The fourth-order valence-electron chi connectivity index (χ4n) is 2.63. The number of benzene rings is 2. The van der Waals surface area contributed by atoms with Gasteiger partial charge in [0, 0.05) is 24.3 Å². The van der Waals surface area contributed by atoms with E-state index in [0.29, 0.717) is 28.0 Å². The Morgan fingerprint density at radius 1 is 1.21 bits per heavy atom. The molecule has 3 aromatic rings. The van der Waals surface area contributed by atoms with Gasteiger partial charge >= 0.3 is 0 Å². The summed E-state index contributed by atoms with van der Waals surface area (Å²) in [6.07, 6.45) is 2.67. The van der Waals surface area contributed by atoms with Gasteiger partial charge in [-0.15, -0.1) is 0 Å². The molecule has 0 aliphatic carbocycles. The van der Waals surface area contributed by atoms with E-state index in [0.717, 1.165) is 0 Å². The van der Waals surface area contributed by atoms with E-state index in [9.17, 15) is 14.3 Å². The van der Waals surface area contributed by atoms with Crippen LogP contribution < -0.4 is 14.8 Å². The van der Waals surface area contributed by atoms with Crippen LogP contribution in [-0.2, 0) is 11.3 Å². The van der Waals surface area contributed by atoms with Crippen molar-refractivity contribution in [1.29, 1.82) is 0 Å². The van der Waals surface area contributed by atoms with E-state index < -0.39 is 6.10 Å². The molecule has 0 aliphatic heterocycles. The van der Waals surface area contributed by atoms with E-state index in [-0.39, 0.29) is 24.9 Å². The number of aromatic nitrogens is 1. The summed E-state index contributed by atoms with van der Waals surface area (Å²) >= 11 is 5.95. The number of aliphatic hydroxyl groups is 1. The predicted octanol–water partition coefficient (Wildman–Crippen LogP) is 4.47. The van der Waals surface area contributed by atoms with Crippen LogP contribution in [0.4, 0.5) is 10.1 Å². The van der Waals surface area contributed by atoms with Gasteiger partial charge < -0.3 is 24.5 Å². The number of hydrogen-bond donors (Lipinski definition) is 2. The van der Waals surface area contributed by atoms with Gasteiger partial charge in [-0.05, 0) is 48.5 Å². The summed E-state index contributed by atoms with van der Waals surface area (Å²) < 4.78 is 26.0. The van der Waals surface area contributed by atoms with Gasteiger partial charge in [0.2, 0.25) is 5.91 Å². The van der Waals surface area contributed by atoms with Gasteiger partial charge in [-0.3, -0.25) is 4.79 Å². The Hall–Kier alpha value is -3.03. The lowest BCUT2D eigenvalue weighted by Crippen LogP contribution is -2.23. The number of carbonyl (C=O) groups is 1. The largest absolute Gasteiger partial charge is 0.489 e. The van der Waals surface area contributed by atoms with E-state index in [1.165, 1.54) is 31.2 Å². The Labute approximate surface area is 172 Å². The Morgan fingerprint density at radius 2 is 1.97 bits per heavy atom. The van der Waals surface area contributed by atoms with Gasteiger partial charge in [-0.25, -0.2) is 4.39 Å². The highest BCUT2D eigenvalue weighted by atomic mass is 35.5. The van der Waals surface area contributed by atoms with Crippen molar-refractivity contribution in [2.75, 3.05) is 11.9 Å². The van der Waals surface area contributed by atoms with Crippen LogP contribution in [0.1, 0.15) is 6.92 Å². The molecule has 0 radical (unpaired) electrons. The Kier molecular flexibility index (Phi) is 6.74. The number of rotatable bonds is 8. The predicted molar refractivity (Wildman–Crippen MR) is 108 cm³/mol. The number of anilines is 1. The van der Waals surface area contributed by atoms with Crippen molar-refractivity contribution in [3.05, 3.63) is 71.8 Å². The third kappa shape index (κ3) is 6.23. The van der Waals surface area contributed by atoms with Crippen LogP contribution in [0.25, 0.3) is 0 Å². The molecule has 1 heterocycles. The van der Waals surface area contributed by atoms with Gasteiger partial charge in [-0.1, -0.05) is 11.6 Å². The molecule has 3 rings (SSSR count). The summed E-state index contributed by atoms with van der Waals surface area (Å²) in [5.41, 5.74) is 0.438. The molecule has 2 aromatic carbocycles. The molecule has 29 heavy (non-hydrogen) atoms. The second-order valence-corrected chi connectivity index (χ2v) is 6.82. The molecule has 0 saturated carbocycles. The number of nitrogens with zero attached hydrogens (tertiary/aromatic N) is 1. The quantitative estimate of drug-likeness (QED) is 0.566. The van der Waals surface area contributed by atoms with Crippen LogP contribution in [0.3, 0.4) is 0 Å². The molecule has 6 nitrogen and oxygen atoms in total. The molecule has 1 aromatic heterocycles. The summed E-state index contributed by atoms with van der Waals surface area (Å²) in [5.74, 6) is 0.909. The highest BCUT2D eigenvalue weighted by molar-refractivity contribution is 6.31. The van der Waals surface area contributed by atoms with Crippen LogP contribution in [0.2, 0.25) is 5.02 Å². The summed E-state index contributed by atoms with van der Waals surface area (Å²) in [7, 11) is 0. The van der Waals surface area contributed by atoms with Crippen LogP contribution in [0.15, 0.2) is 60.9 Å². The third-order valence-electron chi connectivity index (χ3n) is 3.88. The van der Waals surface area contributed by atoms with Crippen molar-refractivity contribution in [3.8, 4) is 17.2 Å². The van der Waals surface area contributed by atoms with Gasteiger partial charge in [0.1, 0.15) is 35.8 Å². The van der Waals surface area contributed by atoms with E-state index in [1.54, 1.807) is 41.2 Å². The number of carbonyl (C=O) groups excluding carboxylic acids is 1. The highest BCUT2D eigenvalue weighted by Crippen LogP contribution is 2.28. The lowest BCUT2D eigenvalue weighted by molar-refractivity contribution is -0.114. The van der Waals surface area contributed by atoms with Crippen molar-refractivity contribution in [3.63, 3.8) is 0 Å². The normalized spacial score (nSPS) is 11.7. The summed E-state index contributed by atoms with van der Waals surface area (Å²) in [6.45, 7) is 1.67. The van der Waals surface area contributed by atoms with Gasteiger partial charge in [0.05, 0.1) is 12.2 Å². The first kappa shape index (κ1) is 20.7. The minimum Gasteiger partial charge on any atom is -0.489 e. The average molecular weight is 419 g/mol. The van der Waals surface area contributed by atoms with Crippen molar-refractivity contribution in [2.45, 2.75) is 19.6 Å². The number of aliphatic hydroxyl groups excluding tert-OH is 1. The molecule has 1 amide bonds. The second-order valence-electron chi connectivity index (χ2n) is 6.39. The molecule has 0 spiro atoms. The minimum absolute atomic E-state index is 0.0144. The number of halogens is 2. The Balaban J connectivity index is 1.55. The SMILES string of the molecule is CC(=O)Nc1cc(Cl)ccc1OCC(O)Cn1ccc(Oc2ccc(F)cc2)c1. The summed E-state index contributed by atoms with van der Waals surface area (Å²) in [4.78, 5) is 11.3. The van der Waals surface area contributed by atoms with Crippen molar-refractivity contribution in [1.82, 2.24) is 4.57 Å². The standard InChI is InChI=1S/C21H20ClFN2O4/c1-14(26)24-20-10-15(22)2-7-21(20)28-13-17(27)11-25-9-8-19(12-25)29-18-5-3-16(23)4-6-18/h2-10,12,17,27H,11,13H2,1H3,(H,24,26). The minimum atomic E-state index is -0.804. The smallest absolute Gasteiger partial charge is 0.221 e. The molecule has 1 atom stereocenters. The first-order chi connectivity index (χ1) is 13.9. The van der Waals surface area contributed by atoms with Crippen LogP contribution in [-0.4, -0.2) is 28.3 Å². The zero-order chi connectivity index (χ0) is 20.8. The molecule has 2 N–H and O–H groups in total. The van der Waals surface area contributed by atoms with Gasteiger partial charge in [0.15, 0.2) is 0 Å². The molecule has 0 aliphatic rings. The van der Waals surface area contributed by atoms with Gasteiger partial charge in [-0.2, -0.15) is 0 Å². The number of ether oxygens (including phenoxy) is 2. The zero-order valence-electron chi connectivity index (χ0n) is 15.6. The molecule has 0 saturated heterocycles. The molecule has 8 heteroatoms. The fraction of sp³-hybridized carbons (Fsp3) is 0.190. The van der Waals surface area contributed by atoms with Gasteiger partial charge in [0.25, 0.3) is 0 Å². The van der Waals surface area contributed by atoms with E-state index >= 15 is 0 Å². The van der Waals surface area contributed by atoms with E-state index in [4.69, 9.17) is 21.1 Å². The zero-order valence-corrected chi connectivity index (χ0v) is 16.4. The maximum atomic E-state index is 12.9. The average Bonchev–Trinajstić information content (AvgIpc) is 3.09. The summed E-state index contributed by atoms with van der Waals surface area (Å²) in [5, 5.41) is 13.4. The molecule has 1 unspecified atom stereocenters. The molecule has 152 valence electrons. The van der Waals surface area contributed by atoms with Crippen LogP contribution >= 0.6 is 11.6 Å². The van der Waals surface area contributed by atoms with Crippen molar-refractivity contribution in [2.24, 2.45) is 0 Å². The lowest BCUT2D eigenvalue weighted by Gasteiger charge is -2.16. The first-order valence-electron chi connectivity index (χ1n) is 8.86. The van der Waals surface area contributed by atoms with Crippen molar-refractivity contribution >= 4 is 23.2 Å². The highest BCUT2D eigenvalue weighted by Gasteiger charge is 2.11. The van der Waals surface area contributed by atoms with Crippen molar-refractivity contribution < 1.29 is 23.8 Å². The van der Waals surface area contributed by atoms with E-state index in [2.05, 4.69) is 5.32 Å².